The largest absolute Gasteiger partial charge is 0.478 e. The van der Waals surface area contributed by atoms with E-state index in [4.69, 9.17) is 11.6 Å². The normalized spacial score (nSPS) is 16.4. The molecule has 0 aliphatic carbocycles. The van der Waals surface area contributed by atoms with Gasteiger partial charge in [-0.05, 0) is 56.0 Å². The van der Waals surface area contributed by atoms with Gasteiger partial charge >= 0.3 is 5.97 Å². The molecule has 6 heteroatoms. The minimum absolute atomic E-state index is 0.177. The highest BCUT2D eigenvalue weighted by Gasteiger charge is 2.23. The summed E-state index contributed by atoms with van der Waals surface area (Å²) in [6, 6.07) is 5.22. The first-order chi connectivity index (χ1) is 11.6. The summed E-state index contributed by atoms with van der Waals surface area (Å²) >= 11 is 6.25. The SMILES string of the molecule is CCn1cc(C2CCN(Cc3cccc(C(=O)O)c3Cl)CC2)cn1. The van der Waals surface area contributed by atoms with Gasteiger partial charge in [0.15, 0.2) is 0 Å². The molecule has 2 aromatic rings. The van der Waals surface area contributed by atoms with Crippen LogP contribution in [0.5, 0.6) is 0 Å². The van der Waals surface area contributed by atoms with Crippen molar-refractivity contribution in [2.45, 2.75) is 38.8 Å². The lowest BCUT2D eigenvalue weighted by atomic mass is 9.91. The number of aromatic carboxylic acids is 1. The third-order valence-electron chi connectivity index (χ3n) is 4.74. The van der Waals surface area contributed by atoms with Crippen molar-refractivity contribution < 1.29 is 9.90 Å². The zero-order chi connectivity index (χ0) is 17.1. The Labute approximate surface area is 146 Å². The van der Waals surface area contributed by atoms with E-state index in [0.29, 0.717) is 17.5 Å². The van der Waals surface area contributed by atoms with Crippen molar-refractivity contribution in [3.63, 3.8) is 0 Å². The predicted molar refractivity (Wildman–Crippen MR) is 93.6 cm³/mol. The van der Waals surface area contributed by atoms with Gasteiger partial charge in [-0.1, -0.05) is 23.7 Å². The summed E-state index contributed by atoms with van der Waals surface area (Å²) in [5.74, 6) is -0.420. The molecular weight excluding hydrogens is 326 g/mol. The fraction of sp³-hybridized carbons (Fsp3) is 0.444. The summed E-state index contributed by atoms with van der Waals surface area (Å²) in [6.07, 6.45) is 6.31. The van der Waals surface area contributed by atoms with Gasteiger partial charge in [-0.2, -0.15) is 5.10 Å². The molecule has 0 saturated carbocycles. The smallest absolute Gasteiger partial charge is 0.337 e. The number of piperidine rings is 1. The second-order valence-corrected chi connectivity index (χ2v) is 6.64. The quantitative estimate of drug-likeness (QED) is 0.897. The van der Waals surface area contributed by atoms with E-state index in [2.05, 4.69) is 23.1 Å². The van der Waals surface area contributed by atoms with Crippen molar-refractivity contribution in [3.8, 4) is 0 Å². The minimum atomic E-state index is -0.978. The Balaban J connectivity index is 1.61. The van der Waals surface area contributed by atoms with Crippen molar-refractivity contribution in [1.82, 2.24) is 14.7 Å². The Bertz CT molecular complexity index is 721. The zero-order valence-corrected chi connectivity index (χ0v) is 14.5. The molecule has 128 valence electrons. The molecule has 1 aromatic carbocycles. The first-order valence-corrected chi connectivity index (χ1v) is 8.71. The van der Waals surface area contributed by atoms with Gasteiger partial charge in [-0.15, -0.1) is 0 Å². The number of carboxylic acid groups (broad SMARTS) is 1. The molecule has 24 heavy (non-hydrogen) atoms. The van der Waals surface area contributed by atoms with Crippen LogP contribution in [0, 0.1) is 0 Å². The van der Waals surface area contributed by atoms with Gasteiger partial charge in [0.2, 0.25) is 0 Å². The molecule has 1 saturated heterocycles. The first kappa shape index (κ1) is 17.0. The number of nitrogens with zero attached hydrogens (tertiary/aromatic N) is 3. The van der Waals surface area contributed by atoms with Crippen molar-refractivity contribution in [1.29, 1.82) is 0 Å². The van der Waals surface area contributed by atoms with Crippen LogP contribution in [0.4, 0.5) is 0 Å². The summed E-state index contributed by atoms with van der Waals surface area (Å²) < 4.78 is 1.97. The van der Waals surface area contributed by atoms with Crippen LogP contribution in [0.1, 0.15) is 47.2 Å². The Kier molecular flexibility index (Phi) is 5.21. The summed E-state index contributed by atoms with van der Waals surface area (Å²) in [5, 5.41) is 13.9. The molecule has 1 aromatic heterocycles. The van der Waals surface area contributed by atoms with Gasteiger partial charge in [-0.3, -0.25) is 9.58 Å². The maximum Gasteiger partial charge on any atom is 0.337 e. The Morgan fingerprint density at radius 3 is 2.75 bits per heavy atom. The maximum absolute atomic E-state index is 11.2. The summed E-state index contributed by atoms with van der Waals surface area (Å²) in [6.45, 7) is 5.65. The highest BCUT2D eigenvalue weighted by molar-refractivity contribution is 6.34. The van der Waals surface area contributed by atoms with E-state index in [1.54, 1.807) is 12.1 Å². The number of carboxylic acids is 1. The number of aromatic nitrogens is 2. The fourth-order valence-electron chi connectivity index (χ4n) is 3.30. The second kappa shape index (κ2) is 7.36. The summed E-state index contributed by atoms with van der Waals surface area (Å²) in [7, 11) is 0. The van der Waals surface area contributed by atoms with Gasteiger partial charge < -0.3 is 5.11 Å². The number of hydrogen-bond donors (Lipinski definition) is 1. The lowest BCUT2D eigenvalue weighted by Gasteiger charge is -2.31. The molecule has 2 heterocycles. The van der Waals surface area contributed by atoms with E-state index < -0.39 is 5.97 Å². The van der Waals surface area contributed by atoms with E-state index in [1.165, 1.54) is 5.56 Å². The van der Waals surface area contributed by atoms with Gasteiger partial charge in [0.1, 0.15) is 0 Å². The highest BCUT2D eigenvalue weighted by atomic mass is 35.5. The summed E-state index contributed by atoms with van der Waals surface area (Å²) in [4.78, 5) is 13.5. The van der Waals surface area contributed by atoms with Crippen LogP contribution in [-0.4, -0.2) is 38.8 Å². The maximum atomic E-state index is 11.2. The standard InChI is InChI=1S/C18H22ClN3O2/c1-2-22-12-15(10-20-22)13-6-8-21(9-7-13)11-14-4-3-5-16(17(14)19)18(23)24/h3-5,10,12-13H,2,6-9,11H2,1H3,(H,23,24). The van der Waals surface area contributed by atoms with Crippen LogP contribution in [0.15, 0.2) is 30.6 Å². The number of benzene rings is 1. The molecule has 3 rings (SSSR count). The fourth-order valence-corrected chi connectivity index (χ4v) is 3.56. The summed E-state index contributed by atoms with van der Waals surface area (Å²) in [5.41, 5.74) is 2.38. The van der Waals surface area contributed by atoms with E-state index in [-0.39, 0.29) is 5.56 Å². The number of likely N-dealkylation sites (tertiary alicyclic amines) is 1. The number of rotatable bonds is 5. The molecular formula is C18H22ClN3O2. The molecule has 0 amide bonds. The van der Waals surface area contributed by atoms with Crippen molar-refractivity contribution >= 4 is 17.6 Å². The van der Waals surface area contributed by atoms with Crippen LogP contribution >= 0.6 is 11.6 Å². The average molecular weight is 348 g/mol. The topological polar surface area (TPSA) is 58.4 Å². The Morgan fingerprint density at radius 2 is 2.12 bits per heavy atom. The van der Waals surface area contributed by atoms with Crippen LogP contribution in [0.3, 0.4) is 0 Å². The molecule has 0 unspecified atom stereocenters. The van der Waals surface area contributed by atoms with E-state index >= 15 is 0 Å². The molecule has 1 aliphatic heterocycles. The van der Waals surface area contributed by atoms with Gasteiger partial charge in [0, 0.05) is 19.3 Å². The molecule has 1 fully saturated rings. The molecule has 0 radical (unpaired) electrons. The molecule has 0 atom stereocenters. The first-order valence-electron chi connectivity index (χ1n) is 8.34. The molecule has 0 spiro atoms. The van der Waals surface area contributed by atoms with Crippen molar-refractivity contribution in [3.05, 3.63) is 52.3 Å². The van der Waals surface area contributed by atoms with Gasteiger partial charge in [0.25, 0.3) is 0 Å². The third kappa shape index (κ3) is 3.62. The number of hydrogen-bond acceptors (Lipinski definition) is 3. The lowest BCUT2D eigenvalue weighted by molar-refractivity contribution is 0.0697. The van der Waals surface area contributed by atoms with Gasteiger partial charge in [0.05, 0.1) is 16.8 Å². The molecule has 1 N–H and O–H groups in total. The van der Waals surface area contributed by atoms with Crippen LogP contribution in [-0.2, 0) is 13.1 Å². The second-order valence-electron chi connectivity index (χ2n) is 6.26. The van der Waals surface area contributed by atoms with Crippen molar-refractivity contribution in [2.75, 3.05) is 13.1 Å². The number of carbonyl (C=O) groups is 1. The minimum Gasteiger partial charge on any atom is -0.478 e. The number of aryl methyl sites for hydroxylation is 1. The van der Waals surface area contributed by atoms with Crippen LogP contribution < -0.4 is 0 Å². The van der Waals surface area contributed by atoms with E-state index in [0.717, 1.165) is 38.0 Å². The predicted octanol–water partition coefficient (Wildman–Crippen LogP) is 3.63. The van der Waals surface area contributed by atoms with E-state index in [9.17, 15) is 9.90 Å². The van der Waals surface area contributed by atoms with Crippen LogP contribution in [0.25, 0.3) is 0 Å². The van der Waals surface area contributed by atoms with Crippen LogP contribution in [0.2, 0.25) is 5.02 Å². The Morgan fingerprint density at radius 1 is 1.38 bits per heavy atom. The van der Waals surface area contributed by atoms with Gasteiger partial charge in [-0.25, -0.2) is 4.79 Å². The molecule has 0 bridgehead atoms. The number of halogens is 1. The highest BCUT2D eigenvalue weighted by Crippen LogP contribution is 2.30. The van der Waals surface area contributed by atoms with Crippen molar-refractivity contribution in [2.24, 2.45) is 0 Å². The monoisotopic (exact) mass is 347 g/mol. The molecule has 1 aliphatic rings. The third-order valence-corrected chi connectivity index (χ3v) is 5.19. The zero-order valence-electron chi connectivity index (χ0n) is 13.8. The van der Waals surface area contributed by atoms with E-state index in [1.807, 2.05) is 16.9 Å². The Hall–Kier alpha value is -1.85. The lowest BCUT2D eigenvalue weighted by Crippen LogP contribution is -2.32. The average Bonchev–Trinajstić information content (AvgIpc) is 3.06. The molecule has 5 nitrogen and oxygen atoms in total.